The van der Waals surface area contributed by atoms with Crippen LogP contribution < -0.4 is 0 Å². The van der Waals surface area contributed by atoms with Crippen LogP contribution in [0.3, 0.4) is 0 Å². The lowest BCUT2D eigenvalue weighted by Gasteiger charge is -2.10. The van der Waals surface area contributed by atoms with Crippen LogP contribution in [0.5, 0.6) is 0 Å². The largest absolute Gasteiger partial charge is 0.309 e. The van der Waals surface area contributed by atoms with Gasteiger partial charge in [0.15, 0.2) is 0 Å². The molecule has 0 radical (unpaired) electrons. The first-order chi connectivity index (χ1) is 31.2. The number of hydrogen-bond acceptors (Lipinski definition) is 0. The molecule has 14 rings (SSSR count). The molecular formula is C60H37N3. The molecule has 0 aliphatic heterocycles. The average molecular weight is 800 g/mol. The zero-order valence-electron chi connectivity index (χ0n) is 34.2. The first-order valence-corrected chi connectivity index (χ1v) is 21.8. The van der Waals surface area contributed by atoms with E-state index in [1.807, 2.05) is 0 Å². The zero-order chi connectivity index (χ0) is 41.2. The molecule has 0 amide bonds. The maximum absolute atomic E-state index is 2.47. The first kappa shape index (κ1) is 34.3. The number of aromatic nitrogens is 3. The van der Waals surface area contributed by atoms with Crippen molar-refractivity contribution in [2.24, 2.45) is 0 Å². The van der Waals surface area contributed by atoms with Gasteiger partial charge in [-0.05, 0) is 100 Å². The lowest BCUT2D eigenvalue weighted by Crippen LogP contribution is -1.94. The smallest absolute Gasteiger partial charge is 0.0620 e. The van der Waals surface area contributed by atoms with Crippen molar-refractivity contribution in [2.45, 2.75) is 0 Å². The summed E-state index contributed by atoms with van der Waals surface area (Å²) in [5.74, 6) is 0. The van der Waals surface area contributed by atoms with Gasteiger partial charge in [-0.1, -0.05) is 158 Å². The molecule has 4 aromatic heterocycles. The highest BCUT2D eigenvalue weighted by atomic mass is 15.0. The lowest BCUT2D eigenvalue weighted by molar-refractivity contribution is 1.18. The Kier molecular flexibility index (Phi) is 7.11. The third-order valence-electron chi connectivity index (χ3n) is 13.6. The summed E-state index contributed by atoms with van der Waals surface area (Å²) in [5, 5.41) is 10.2. The van der Waals surface area contributed by atoms with E-state index in [-0.39, 0.29) is 0 Å². The maximum Gasteiger partial charge on any atom is 0.0620 e. The molecule has 0 aliphatic rings. The van der Waals surface area contributed by atoms with Crippen LogP contribution in [0.25, 0.3) is 126 Å². The summed E-state index contributed by atoms with van der Waals surface area (Å²) in [7, 11) is 0. The van der Waals surface area contributed by atoms with Crippen LogP contribution in [0.1, 0.15) is 0 Å². The van der Waals surface area contributed by atoms with Crippen LogP contribution in [0, 0.1) is 0 Å². The van der Waals surface area contributed by atoms with E-state index < -0.39 is 0 Å². The normalized spacial score (nSPS) is 12.1. The van der Waals surface area contributed by atoms with E-state index in [1.165, 1.54) is 115 Å². The number of fused-ring (bicyclic) bond motifs is 12. The van der Waals surface area contributed by atoms with E-state index in [0.717, 1.165) is 11.4 Å². The molecule has 0 unspecified atom stereocenters. The van der Waals surface area contributed by atoms with E-state index >= 15 is 0 Å². The summed E-state index contributed by atoms with van der Waals surface area (Å²) in [6, 6.07) is 82.6. The number of hydrogen-bond donors (Lipinski definition) is 0. The van der Waals surface area contributed by atoms with E-state index in [4.69, 9.17) is 0 Å². The monoisotopic (exact) mass is 799 g/mol. The molecule has 63 heavy (non-hydrogen) atoms. The van der Waals surface area contributed by atoms with Gasteiger partial charge in [0.2, 0.25) is 0 Å². The second-order valence-electron chi connectivity index (χ2n) is 16.9. The average Bonchev–Trinajstić information content (AvgIpc) is 4.08. The molecule has 14 aromatic rings. The van der Waals surface area contributed by atoms with Crippen molar-refractivity contribution in [1.29, 1.82) is 0 Å². The van der Waals surface area contributed by atoms with Crippen LogP contribution in [-0.2, 0) is 0 Å². The Bertz CT molecular complexity index is 4110. The minimum Gasteiger partial charge on any atom is -0.309 e. The van der Waals surface area contributed by atoms with Crippen LogP contribution in [0.15, 0.2) is 224 Å². The summed E-state index contributed by atoms with van der Waals surface area (Å²) < 4.78 is 7.30. The fourth-order valence-corrected chi connectivity index (χ4v) is 10.7. The number of rotatable bonds is 5. The van der Waals surface area contributed by atoms with Gasteiger partial charge < -0.3 is 13.5 Å². The molecule has 0 N–H and O–H groups in total. The van der Waals surface area contributed by atoms with Crippen LogP contribution in [-0.4, -0.2) is 13.5 Å². The van der Waals surface area contributed by atoms with Crippen molar-refractivity contribution in [3.63, 3.8) is 0 Å². The molecule has 3 heteroatoms. The van der Waals surface area contributed by atoms with Crippen molar-refractivity contribution >= 4 is 81.7 Å². The Balaban J connectivity index is 0.839. The van der Waals surface area contributed by atoms with Crippen molar-refractivity contribution < 1.29 is 0 Å². The maximum atomic E-state index is 2.47. The molecule has 292 valence electrons. The predicted molar refractivity (Wildman–Crippen MR) is 266 cm³/mol. The van der Waals surface area contributed by atoms with Crippen molar-refractivity contribution in [3.8, 4) is 44.8 Å². The van der Waals surface area contributed by atoms with Gasteiger partial charge in [0.1, 0.15) is 0 Å². The third kappa shape index (κ3) is 4.96. The Hall–Kier alpha value is -8.40. The topological polar surface area (TPSA) is 14.3 Å². The Morgan fingerprint density at radius 3 is 1.21 bits per heavy atom. The first-order valence-electron chi connectivity index (χ1n) is 21.8. The van der Waals surface area contributed by atoms with Gasteiger partial charge in [-0.3, -0.25) is 0 Å². The Morgan fingerprint density at radius 1 is 0.206 bits per heavy atom. The van der Waals surface area contributed by atoms with Crippen LogP contribution >= 0.6 is 0 Å². The predicted octanol–water partition coefficient (Wildman–Crippen LogP) is 16.0. The minimum atomic E-state index is 1.16. The zero-order valence-corrected chi connectivity index (χ0v) is 34.2. The lowest BCUT2D eigenvalue weighted by atomic mass is 9.98. The van der Waals surface area contributed by atoms with Crippen molar-refractivity contribution in [3.05, 3.63) is 224 Å². The molecule has 0 fully saturated rings. The van der Waals surface area contributed by atoms with Crippen molar-refractivity contribution in [2.75, 3.05) is 0 Å². The molecule has 0 atom stereocenters. The molecule has 4 heterocycles. The summed E-state index contributed by atoms with van der Waals surface area (Å²) >= 11 is 0. The molecule has 0 aliphatic carbocycles. The van der Waals surface area contributed by atoms with E-state index in [2.05, 4.69) is 238 Å². The molecule has 0 bridgehead atoms. The molecule has 10 aromatic carbocycles. The molecule has 0 spiro atoms. The Labute approximate surface area is 362 Å². The summed E-state index contributed by atoms with van der Waals surface area (Å²) in [5.41, 5.74) is 18.2. The van der Waals surface area contributed by atoms with Gasteiger partial charge in [0, 0.05) is 54.5 Å². The number of para-hydroxylation sites is 4. The molecule has 0 saturated heterocycles. The highest BCUT2D eigenvalue weighted by Gasteiger charge is 2.20. The fraction of sp³-hybridized carbons (Fsp3) is 0. The third-order valence-corrected chi connectivity index (χ3v) is 13.6. The van der Waals surface area contributed by atoms with Gasteiger partial charge in [-0.15, -0.1) is 0 Å². The highest BCUT2D eigenvalue weighted by Crippen LogP contribution is 2.42. The quantitative estimate of drug-likeness (QED) is 0.165. The van der Waals surface area contributed by atoms with Crippen molar-refractivity contribution in [1.82, 2.24) is 13.5 Å². The van der Waals surface area contributed by atoms with Gasteiger partial charge in [-0.25, -0.2) is 0 Å². The van der Waals surface area contributed by atoms with Crippen LogP contribution in [0.4, 0.5) is 0 Å². The summed E-state index contributed by atoms with van der Waals surface area (Å²) in [6.07, 6.45) is 0. The van der Waals surface area contributed by atoms with E-state index in [9.17, 15) is 0 Å². The van der Waals surface area contributed by atoms with Gasteiger partial charge in [-0.2, -0.15) is 0 Å². The summed E-state index contributed by atoms with van der Waals surface area (Å²) in [6.45, 7) is 0. The van der Waals surface area contributed by atoms with E-state index in [0.29, 0.717) is 0 Å². The minimum absolute atomic E-state index is 1.16. The van der Waals surface area contributed by atoms with Gasteiger partial charge in [0.05, 0.1) is 38.6 Å². The number of nitrogens with zero attached hydrogens (tertiary/aromatic N) is 3. The molecular weight excluding hydrogens is 763 g/mol. The molecule has 3 nitrogen and oxygen atoms in total. The molecule has 0 saturated carbocycles. The van der Waals surface area contributed by atoms with Crippen LogP contribution in [0.2, 0.25) is 0 Å². The highest BCUT2D eigenvalue weighted by molar-refractivity contribution is 6.23. The van der Waals surface area contributed by atoms with Gasteiger partial charge in [0.25, 0.3) is 0 Å². The Morgan fingerprint density at radius 2 is 0.603 bits per heavy atom. The van der Waals surface area contributed by atoms with E-state index in [1.54, 1.807) is 0 Å². The SMILES string of the molecule is c1ccc(-c2ccc(-n3c4ccccc4c4cc(-c5ccc(-c6ccc7c(c6)c6ccccc6n7-c6ccc7c8cccc9c%10ccccc%10n(c7c6)c98)cc5)ccc43)cc2)cc1. The second kappa shape index (κ2) is 13.1. The second-order valence-corrected chi connectivity index (χ2v) is 16.9. The number of benzene rings is 10. The standard InChI is InChI=1S/C60H37N3/c1-2-11-38(12-3-1)39-25-29-44(30-26-39)61-54-18-7-5-14-47(54)52-35-42(27-33-57(52)61)40-21-23-41(24-22-40)43-28-34-58-53(36-43)48-15-6-8-19-55(48)62(58)45-31-32-49-51-17-10-16-50-46-13-4-9-20-56(46)63(60(50)51)59(49)37-45/h1-37H. The fourth-order valence-electron chi connectivity index (χ4n) is 10.7. The van der Waals surface area contributed by atoms with Gasteiger partial charge >= 0.3 is 0 Å². The summed E-state index contributed by atoms with van der Waals surface area (Å²) in [4.78, 5) is 0.